The Labute approximate surface area is 116 Å². The maximum Gasteiger partial charge on any atom is 0.241 e. The molecule has 1 saturated heterocycles. The molecule has 1 fully saturated rings. The Morgan fingerprint density at radius 2 is 2.21 bits per heavy atom. The zero-order valence-electron chi connectivity index (χ0n) is 11.0. The van der Waals surface area contributed by atoms with Gasteiger partial charge < -0.3 is 10.2 Å². The molecule has 4 nitrogen and oxygen atoms in total. The number of amides is 1. The lowest BCUT2D eigenvalue weighted by atomic mass is 10.2. The highest BCUT2D eigenvalue weighted by Gasteiger charge is 2.17. The zero-order valence-corrected chi connectivity index (χ0v) is 11.8. The second kappa shape index (κ2) is 5.17. The summed E-state index contributed by atoms with van der Waals surface area (Å²) >= 11 is 1.60. The number of carbonyl (C=O) groups is 1. The molecule has 0 radical (unpaired) electrons. The molecule has 2 aromatic rings. The lowest BCUT2D eigenvalue weighted by molar-refractivity contribution is -0.128. The number of anilines is 1. The summed E-state index contributed by atoms with van der Waals surface area (Å²) in [6, 6.07) is 6.20. The summed E-state index contributed by atoms with van der Waals surface area (Å²) in [4.78, 5) is 18.3. The van der Waals surface area contributed by atoms with E-state index in [1.807, 2.05) is 11.0 Å². The number of hydrogen-bond donors (Lipinski definition) is 1. The minimum Gasteiger partial charge on any atom is -0.352 e. The van der Waals surface area contributed by atoms with Crippen LogP contribution in [0.25, 0.3) is 10.2 Å². The minimum atomic E-state index is 0.174. The van der Waals surface area contributed by atoms with Crippen LogP contribution in [0.2, 0.25) is 0 Å². The quantitative estimate of drug-likeness (QED) is 0.936. The van der Waals surface area contributed by atoms with Gasteiger partial charge in [-0.1, -0.05) is 17.4 Å². The van der Waals surface area contributed by atoms with Crippen molar-refractivity contribution < 1.29 is 4.79 Å². The average Bonchev–Trinajstić information content (AvgIpc) is 3.04. The molecular weight excluding hydrogens is 258 g/mol. The molecule has 100 valence electrons. The fourth-order valence-corrected chi connectivity index (χ4v) is 3.30. The Hall–Kier alpha value is -1.62. The van der Waals surface area contributed by atoms with Gasteiger partial charge >= 0.3 is 0 Å². The predicted molar refractivity (Wildman–Crippen MR) is 78.7 cm³/mol. The van der Waals surface area contributed by atoms with Crippen LogP contribution in [-0.2, 0) is 4.79 Å². The van der Waals surface area contributed by atoms with Crippen LogP contribution in [0.4, 0.5) is 5.13 Å². The highest BCUT2D eigenvalue weighted by atomic mass is 32.1. The maximum atomic E-state index is 11.9. The van der Waals surface area contributed by atoms with Crippen molar-refractivity contribution in [2.45, 2.75) is 19.8 Å². The van der Waals surface area contributed by atoms with Crippen molar-refractivity contribution >= 4 is 32.6 Å². The lowest BCUT2D eigenvalue weighted by Crippen LogP contribution is -2.32. The molecule has 0 atom stereocenters. The topological polar surface area (TPSA) is 45.2 Å². The molecule has 0 unspecified atom stereocenters. The Kier molecular flexibility index (Phi) is 3.38. The standard InChI is InChI=1S/C14H17N3OS/c1-10-4-5-11-12(8-10)19-14(16-11)15-9-13(18)17-6-2-3-7-17/h4-5,8H,2-3,6-7,9H2,1H3,(H,15,16). The van der Waals surface area contributed by atoms with Crippen LogP contribution in [0.15, 0.2) is 18.2 Å². The molecule has 1 aromatic carbocycles. The van der Waals surface area contributed by atoms with Crippen LogP contribution < -0.4 is 5.32 Å². The second-order valence-corrected chi connectivity index (χ2v) is 5.96. The van der Waals surface area contributed by atoms with Crippen LogP contribution in [-0.4, -0.2) is 35.4 Å². The first-order valence-electron chi connectivity index (χ1n) is 6.61. The number of hydrogen-bond acceptors (Lipinski definition) is 4. The van der Waals surface area contributed by atoms with E-state index in [2.05, 4.69) is 29.4 Å². The van der Waals surface area contributed by atoms with Gasteiger partial charge in [0.2, 0.25) is 5.91 Å². The summed E-state index contributed by atoms with van der Waals surface area (Å²) in [5.41, 5.74) is 2.22. The van der Waals surface area contributed by atoms with Crippen LogP contribution in [0, 0.1) is 6.92 Å². The summed E-state index contributed by atoms with van der Waals surface area (Å²) in [7, 11) is 0. The van der Waals surface area contributed by atoms with E-state index in [-0.39, 0.29) is 5.91 Å². The van der Waals surface area contributed by atoms with Crippen molar-refractivity contribution in [3.63, 3.8) is 0 Å². The smallest absolute Gasteiger partial charge is 0.241 e. The normalized spacial score (nSPS) is 15.1. The average molecular weight is 275 g/mol. The second-order valence-electron chi connectivity index (χ2n) is 4.93. The SMILES string of the molecule is Cc1ccc2nc(NCC(=O)N3CCCC3)sc2c1. The Balaban J connectivity index is 1.66. The highest BCUT2D eigenvalue weighted by Crippen LogP contribution is 2.26. The van der Waals surface area contributed by atoms with Crippen LogP contribution in [0.1, 0.15) is 18.4 Å². The first-order valence-corrected chi connectivity index (χ1v) is 7.43. The molecule has 1 N–H and O–H groups in total. The van der Waals surface area contributed by atoms with Crippen LogP contribution in [0.3, 0.4) is 0 Å². The number of aromatic nitrogens is 1. The molecule has 1 aromatic heterocycles. The molecule has 0 saturated carbocycles. The highest BCUT2D eigenvalue weighted by molar-refractivity contribution is 7.22. The first-order chi connectivity index (χ1) is 9.22. The summed E-state index contributed by atoms with van der Waals surface area (Å²) in [6.45, 7) is 4.22. The van der Waals surface area contributed by atoms with Gasteiger partial charge in [0.25, 0.3) is 0 Å². The predicted octanol–water partition coefficient (Wildman–Crippen LogP) is 2.64. The Morgan fingerprint density at radius 1 is 1.42 bits per heavy atom. The van der Waals surface area contributed by atoms with E-state index < -0.39 is 0 Å². The molecular formula is C14H17N3OS. The van der Waals surface area contributed by atoms with Gasteiger partial charge in [0.05, 0.1) is 16.8 Å². The molecule has 1 aliphatic heterocycles. The van der Waals surface area contributed by atoms with Crippen molar-refractivity contribution in [3.8, 4) is 0 Å². The fraction of sp³-hybridized carbons (Fsp3) is 0.429. The molecule has 0 bridgehead atoms. The molecule has 1 aliphatic rings. The maximum absolute atomic E-state index is 11.9. The number of rotatable bonds is 3. The summed E-state index contributed by atoms with van der Waals surface area (Å²) < 4.78 is 1.16. The van der Waals surface area contributed by atoms with E-state index in [1.54, 1.807) is 11.3 Å². The largest absolute Gasteiger partial charge is 0.352 e. The summed E-state index contributed by atoms with van der Waals surface area (Å²) in [5, 5.41) is 3.97. The van der Waals surface area contributed by atoms with Crippen molar-refractivity contribution in [1.82, 2.24) is 9.88 Å². The number of benzene rings is 1. The lowest BCUT2D eigenvalue weighted by Gasteiger charge is -2.14. The number of likely N-dealkylation sites (tertiary alicyclic amines) is 1. The number of aryl methyl sites for hydroxylation is 1. The molecule has 0 spiro atoms. The Bertz CT molecular complexity index is 602. The van der Waals surface area contributed by atoms with Gasteiger partial charge in [-0.25, -0.2) is 4.98 Å². The molecule has 2 heterocycles. The third kappa shape index (κ3) is 2.71. The van der Waals surface area contributed by atoms with Crippen LogP contribution >= 0.6 is 11.3 Å². The third-order valence-corrected chi connectivity index (χ3v) is 4.37. The first kappa shape index (κ1) is 12.4. The van der Waals surface area contributed by atoms with E-state index in [0.717, 1.165) is 41.3 Å². The van der Waals surface area contributed by atoms with Gasteiger partial charge in [-0.2, -0.15) is 0 Å². The van der Waals surface area contributed by atoms with Gasteiger partial charge in [0.1, 0.15) is 0 Å². The van der Waals surface area contributed by atoms with Gasteiger partial charge in [0, 0.05) is 13.1 Å². The van der Waals surface area contributed by atoms with E-state index >= 15 is 0 Å². The van der Waals surface area contributed by atoms with Crippen molar-refractivity contribution in [2.24, 2.45) is 0 Å². The molecule has 0 aliphatic carbocycles. The Morgan fingerprint density at radius 3 is 3.00 bits per heavy atom. The molecule has 5 heteroatoms. The van der Waals surface area contributed by atoms with Crippen molar-refractivity contribution in [3.05, 3.63) is 23.8 Å². The molecule has 3 rings (SSSR count). The fourth-order valence-electron chi connectivity index (χ4n) is 2.34. The number of fused-ring (bicyclic) bond motifs is 1. The number of carbonyl (C=O) groups excluding carboxylic acids is 1. The van der Waals surface area contributed by atoms with Gasteiger partial charge in [-0.3, -0.25) is 4.79 Å². The van der Waals surface area contributed by atoms with Crippen molar-refractivity contribution in [2.75, 3.05) is 25.0 Å². The van der Waals surface area contributed by atoms with Gasteiger partial charge in [-0.15, -0.1) is 0 Å². The minimum absolute atomic E-state index is 0.174. The summed E-state index contributed by atoms with van der Waals surface area (Å²) in [5.74, 6) is 0.174. The zero-order chi connectivity index (χ0) is 13.2. The molecule has 1 amide bonds. The number of nitrogens with one attached hydrogen (secondary N) is 1. The number of thiazole rings is 1. The monoisotopic (exact) mass is 275 g/mol. The van der Waals surface area contributed by atoms with E-state index in [1.165, 1.54) is 5.56 Å². The van der Waals surface area contributed by atoms with E-state index in [4.69, 9.17) is 0 Å². The number of nitrogens with zero attached hydrogens (tertiary/aromatic N) is 2. The molecule has 19 heavy (non-hydrogen) atoms. The van der Waals surface area contributed by atoms with E-state index in [9.17, 15) is 4.79 Å². The summed E-state index contributed by atoms with van der Waals surface area (Å²) in [6.07, 6.45) is 2.26. The van der Waals surface area contributed by atoms with Crippen molar-refractivity contribution in [1.29, 1.82) is 0 Å². The van der Waals surface area contributed by atoms with Crippen LogP contribution in [0.5, 0.6) is 0 Å². The third-order valence-electron chi connectivity index (χ3n) is 3.39. The van der Waals surface area contributed by atoms with E-state index in [0.29, 0.717) is 6.54 Å². The van der Waals surface area contributed by atoms with Gasteiger partial charge in [0.15, 0.2) is 5.13 Å². The van der Waals surface area contributed by atoms with Gasteiger partial charge in [-0.05, 0) is 37.5 Å².